The summed E-state index contributed by atoms with van der Waals surface area (Å²) in [4.78, 5) is 28.1. The average molecular weight is 505 g/mol. The van der Waals surface area contributed by atoms with E-state index in [9.17, 15) is 14.9 Å². The zero-order valence-corrected chi connectivity index (χ0v) is 20.2. The van der Waals surface area contributed by atoms with Crippen molar-refractivity contribution in [2.45, 2.75) is 31.3 Å². The van der Waals surface area contributed by atoms with Crippen molar-refractivity contribution in [3.05, 3.63) is 82.0 Å². The van der Waals surface area contributed by atoms with Gasteiger partial charge in [-0.15, -0.1) is 0 Å². The van der Waals surface area contributed by atoms with E-state index in [1.807, 2.05) is 0 Å². The van der Waals surface area contributed by atoms with Gasteiger partial charge in [0.25, 0.3) is 0 Å². The Balaban J connectivity index is 1.61. The number of carbonyl (C=O) groups excluding carboxylic acids is 2. The van der Waals surface area contributed by atoms with E-state index in [1.165, 1.54) is 0 Å². The van der Waals surface area contributed by atoms with Crippen molar-refractivity contribution in [1.29, 1.82) is 5.26 Å². The van der Waals surface area contributed by atoms with Crippen LogP contribution in [-0.2, 0) is 9.53 Å². The lowest BCUT2D eigenvalue weighted by molar-refractivity contribution is -0.108. The van der Waals surface area contributed by atoms with Crippen LogP contribution in [-0.4, -0.2) is 30.3 Å². The highest BCUT2D eigenvalue weighted by molar-refractivity contribution is 6.30. The highest BCUT2D eigenvalue weighted by Crippen LogP contribution is 2.36. The SMILES string of the molecule is N#Cc1ccccc1Oc1cc(Cl)ccc1C(CC=O)CNc1cc(C(N)=O)cc(C2CCCO2)n1. The molecule has 3 N–H and O–H groups in total. The second-order valence-corrected chi connectivity index (χ2v) is 8.84. The van der Waals surface area contributed by atoms with Gasteiger partial charge < -0.3 is 25.3 Å². The number of halogens is 1. The van der Waals surface area contributed by atoms with Crippen molar-refractivity contribution in [2.75, 3.05) is 18.5 Å². The molecule has 0 radical (unpaired) electrons. The maximum atomic E-state index is 11.9. The number of benzene rings is 2. The molecule has 36 heavy (non-hydrogen) atoms. The Morgan fingerprint density at radius 1 is 1.28 bits per heavy atom. The molecule has 1 fully saturated rings. The first-order valence-electron chi connectivity index (χ1n) is 11.6. The number of aldehydes is 1. The Labute approximate surface area is 214 Å². The highest BCUT2D eigenvalue weighted by Gasteiger charge is 2.22. The van der Waals surface area contributed by atoms with Crippen molar-refractivity contribution in [3.63, 3.8) is 0 Å². The van der Waals surface area contributed by atoms with Crippen LogP contribution < -0.4 is 15.8 Å². The van der Waals surface area contributed by atoms with Gasteiger partial charge in [0.2, 0.25) is 5.91 Å². The third-order valence-electron chi connectivity index (χ3n) is 5.94. The Hall–Kier alpha value is -3.93. The number of carbonyl (C=O) groups is 2. The van der Waals surface area contributed by atoms with E-state index in [-0.39, 0.29) is 18.4 Å². The smallest absolute Gasteiger partial charge is 0.248 e. The van der Waals surface area contributed by atoms with E-state index < -0.39 is 5.91 Å². The summed E-state index contributed by atoms with van der Waals surface area (Å²) >= 11 is 6.24. The molecule has 0 bridgehead atoms. The van der Waals surface area contributed by atoms with Gasteiger partial charge in [0, 0.05) is 41.6 Å². The summed E-state index contributed by atoms with van der Waals surface area (Å²) in [6, 6.07) is 17.4. The fourth-order valence-corrected chi connectivity index (χ4v) is 4.29. The lowest BCUT2D eigenvalue weighted by Crippen LogP contribution is -2.18. The van der Waals surface area contributed by atoms with Crippen LogP contribution in [0.4, 0.5) is 5.82 Å². The Morgan fingerprint density at radius 2 is 2.11 bits per heavy atom. The predicted octanol–water partition coefficient (Wildman–Crippen LogP) is 5.13. The number of hydrogen-bond acceptors (Lipinski definition) is 7. The number of ether oxygens (including phenoxy) is 2. The van der Waals surface area contributed by atoms with Gasteiger partial charge in [-0.25, -0.2) is 4.98 Å². The van der Waals surface area contributed by atoms with Crippen LogP contribution in [0.3, 0.4) is 0 Å². The van der Waals surface area contributed by atoms with Gasteiger partial charge in [0.15, 0.2) is 0 Å². The summed E-state index contributed by atoms with van der Waals surface area (Å²) in [5, 5.41) is 13.1. The number of nitriles is 1. The second kappa shape index (κ2) is 11.7. The van der Waals surface area contributed by atoms with Gasteiger partial charge in [-0.3, -0.25) is 4.79 Å². The number of nitrogens with two attached hydrogens (primary N) is 1. The molecule has 0 spiro atoms. The fraction of sp³-hybridized carbons (Fsp3) is 0.259. The zero-order chi connectivity index (χ0) is 25.5. The molecule has 1 aliphatic heterocycles. The summed E-state index contributed by atoms with van der Waals surface area (Å²) in [5.74, 6) is 0.415. The zero-order valence-electron chi connectivity index (χ0n) is 19.4. The molecule has 1 amide bonds. The van der Waals surface area contributed by atoms with Crippen LogP contribution in [0.2, 0.25) is 5.02 Å². The molecule has 0 aliphatic carbocycles. The molecule has 1 aliphatic rings. The van der Waals surface area contributed by atoms with Crippen molar-refractivity contribution in [2.24, 2.45) is 5.73 Å². The van der Waals surface area contributed by atoms with Crippen molar-refractivity contribution >= 4 is 29.6 Å². The first-order chi connectivity index (χ1) is 17.5. The Bertz CT molecular complexity index is 1300. The summed E-state index contributed by atoms with van der Waals surface area (Å²) in [6.45, 7) is 0.961. The molecule has 2 atom stereocenters. The number of aromatic nitrogens is 1. The standard InChI is InChI=1S/C27H25ClN4O4/c28-20-7-8-21(25(14-20)36-23-5-2-1-4-17(23)15-29)18(9-10-33)16-31-26-13-19(27(30)34)12-22(32-26)24-6-3-11-35-24/h1-2,4-5,7-8,10,12-14,18,24H,3,6,9,11,16H2,(H2,30,34)(H,31,32). The van der Waals surface area contributed by atoms with Gasteiger partial charge >= 0.3 is 0 Å². The molecular weight excluding hydrogens is 480 g/mol. The summed E-state index contributed by atoms with van der Waals surface area (Å²) in [7, 11) is 0. The number of amides is 1. The van der Waals surface area contributed by atoms with Crippen LogP contribution in [0.5, 0.6) is 11.5 Å². The van der Waals surface area contributed by atoms with Gasteiger partial charge in [0.1, 0.15) is 29.7 Å². The van der Waals surface area contributed by atoms with E-state index in [2.05, 4.69) is 16.4 Å². The summed E-state index contributed by atoms with van der Waals surface area (Å²) < 4.78 is 11.8. The van der Waals surface area contributed by atoms with E-state index >= 15 is 0 Å². The van der Waals surface area contributed by atoms with Crippen LogP contribution in [0.1, 0.15) is 58.5 Å². The average Bonchev–Trinajstić information content (AvgIpc) is 3.42. The molecule has 2 unspecified atom stereocenters. The minimum atomic E-state index is -0.561. The molecule has 1 aromatic heterocycles. The molecular formula is C27H25ClN4O4. The molecule has 184 valence electrons. The Morgan fingerprint density at radius 3 is 2.83 bits per heavy atom. The van der Waals surface area contributed by atoms with E-state index in [0.717, 1.165) is 24.7 Å². The topological polar surface area (TPSA) is 127 Å². The fourth-order valence-electron chi connectivity index (χ4n) is 4.13. The number of pyridine rings is 1. The van der Waals surface area contributed by atoms with E-state index in [1.54, 1.807) is 54.6 Å². The normalized spacial score (nSPS) is 15.6. The largest absolute Gasteiger partial charge is 0.456 e. The van der Waals surface area contributed by atoms with Gasteiger partial charge in [0.05, 0.1) is 17.4 Å². The van der Waals surface area contributed by atoms with Crippen molar-refractivity contribution in [1.82, 2.24) is 4.98 Å². The lowest BCUT2D eigenvalue weighted by atomic mass is 9.95. The molecule has 9 heteroatoms. The van der Waals surface area contributed by atoms with Gasteiger partial charge in [-0.1, -0.05) is 29.8 Å². The molecule has 0 saturated carbocycles. The molecule has 8 nitrogen and oxygen atoms in total. The lowest BCUT2D eigenvalue weighted by Gasteiger charge is -2.21. The predicted molar refractivity (Wildman–Crippen MR) is 135 cm³/mol. The Kier molecular flexibility index (Phi) is 8.16. The van der Waals surface area contributed by atoms with Gasteiger partial charge in [-0.2, -0.15) is 5.26 Å². The summed E-state index contributed by atoms with van der Waals surface area (Å²) in [6.07, 6.45) is 2.58. The quantitative estimate of drug-likeness (QED) is 0.366. The molecule has 3 aromatic rings. The number of rotatable bonds is 10. The maximum absolute atomic E-state index is 11.9. The monoisotopic (exact) mass is 504 g/mol. The van der Waals surface area contributed by atoms with Crippen molar-refractivity contribution in [3.8, 4) is 17.6 Å². The number of primary amides is 1. The number of nitrogens with one attached hydrogen (secondary N) is 1. The molecule has 4 rings (SSSR count). The number of anilines is 1. The van der Waals surface area contributed by atoms with Gasteiger partial charge in [-0.05, 0) is 49.2 Å². The number of hydrogen-bond donors (Lipinski definition) is 2. The van der Waals surface area contributed by atoms with Crippen LogP contribution in [0, 0.1) is 11.3 Å². The van der Waals surface area contributed by atoms with E-state index in [0.29, 0.717) is 52.3 Å². The number of nitrogens with zero attached hydrogens (tertiary/aromatic N) is 2. The third-order valence-corrected chi connectivity index (χ3v) is 6.18. The molecule has 2 aromatic carbocycles. The number of para-hydroxylation sites is 1. The third kappa shape index (κ3) is 6.00. The first kappa shape index (κ1) is 25.2. The van der Waals surface area contributed by atoms with Crippen LogP contribution in [0.15, 0.2) is 54.6 Å². The van der Waals surface area contributed by atoms with Crippen LogP contribution in [0.25, 0.3) is 0 Å². The van der Waals surface area contributed by atoms with Crippen LogP contribution >= 0.6 is 11.6 Å². The maximum Gasteiger partial charge on any atom is 0.248 e. The van der Waals surface area contributed by atoms with E-state index in [4.69, 9.17) is 26.8 Å². The first-order valence-corrected chi connectivity index (χ1v) is 11.9. The minimum absolute atomic E-state index is 0.188. The van der Waals surface area contributed by atoms with Crippen molar-refractivity contribution < 1.29 is 19.1 Å². The second-order valence-electron chi connectivity index (χ2n) is 8.40. The molecule has 2 heterocycles. The molecule has 1 saturated heterocycles. The summed E-state index contributed by atoms with van der Waals surface area (Å²) in [5.41, 5.74) is 7.62. The highest BCUT2D eigenvalue weighted by atomic mass is 35.5. The minimum Gasteiger partial charge on any atom is -0.456 e.